The fourth-order valence-corrected chi connectivity index (χ4v) is 2.77. The Hall–Kier alpha value is -3.01. The van der Waals surface area contributed by atoms with E-state index in [1.165, 1.54) is 37.0 Å². The molecule has 0 saturated carbocycles. The number of hydrogen-bond donors (Lipinski definition) is 2. The van der Waals surface area contributed by atoms with Crippen molar-refractivity contribution in [1.82, 2.24) is 10.6 Å². The minimum atomic E-state index is -1.37. The third-order valence-corrected chi connectivity index (χ3v) is 4.43. The van der Waals surface area contributed by atoms with Crippen molar-refractivity contribution in [2.75, 3.05) is 13.3 Å². The topological polar surface area (TPSA) is 101 Å². The van der Waals surface area contributed by atoms with Gasteiger partial charge >= 0.3 is 0 Å². The number of nitrogens with zero attached hydrogens (tertiary/aromatic N) is 1. The third-order valence-electron chi connectivity index (χ3n) is 3.71. The second kappa shape index (κ2) is 8.58. The van der Waals surface area contributed by atoms with Crippen LogP contribution in [-0.4, -0.2) is 30.0 Å². The lowest BCUT2D eigenvalue weighted by atomic mass is 10.0. The second-order valence-corrected chi connectivity index (χ2v) is 6.21. The first-order valence-corrected chi connectivity index (χ1v) is 8.80. The van der Waals surface area contributed by atoms with Crippen LogP contribution in [0.5, 0.6) is 0 Å². The van der Waals surface area contributed by atoms with Crippen molar-refractivity contribution in [3.8, 4) is 0 Å². The predicted molar refractivity (Wildman–Crippen MR) is 95.5 cm³/mol. The first kappa shape index (κ1) is 20.3. The standard InChI is InChI=1S/C17H15F2N3O4S/c1-20-17(24)15(9-3-5-12(18)13(19)7-9)21-16(23)11-8-10(27-2)4-6-14(11)22(25)26/h3-8,15H,1-2H3,(H,20,24)(H,21,23). The largest absolute Gasteiger partial charge is 0.357 e. The van der Waals surface area contributed by atoms with Crippen LogP contribution in [0.15, 0.2) is 41.3 Å². The fourth-order valence-electron chi connectivity index (χ4n) is 2.33. The second-order valence-electron chi connectivity index (χ2n) is 5.33. The number of carbonyl (C=O) groups excluding carboxylic acids is 2. The number of benzene rings is 2. The molecule has 0 saturated heterocycles. The van der Waals surface area contributed by atoms with Gasteiger partial charge in [0.25, 0.3) is 11.6 Å². The Kier molecular flexibility index (Phi) is 6.45. The Morgan fingerprint density at radius 3 is 2.41 bits per heavy atom. The van der Waals surface area contributed by atoms with Gasteiger partial charge in [-0.3, -0.25) is 19.7 Å². The predicted octanol–water partition coefficient (Wildman–Crippen LogP) is 2.81. The Morgan fingerprint density at radius 2 is 1.85 bits per heavy atom. The van der Waals surface area contributed by atoms with Crippen molar-refractivity contribution in [3.63, 3.8) is 0 Å². The summed E-state index contributed by atoms with van der Waals surface area (Å²) in [6.07, 6.45) is 1.73. The van der Waals surface area contributed by atoms with Gasteiger partial charge in [-0.25, -0.2) is 8.78 Å². The van der Waals surface area contributed by atoms with Crippen LogP contribution in [-0.2, 0) is 4.79 Å². The van der Waals surface area contributed by atoms with Gasteiger partial charge in [-0.1, -0.05) is 6.07 Å². The fraction of sp³-hybridized carbons (Fsp3) is 0.176. The molecule has 2 aromatic rings. The Morgan fingerprint density at radius 1 is 1.15 bits per heavy atom. The molecule has 0 aliphatic carbocycles. The molecule has 0 radical (unpaired) electrons. The van der Waals surface area contributed by atoms with Crippen LogP contribution in [0.4, 0.5) is 14.5 Å². The normalized spacial score (nSPS) is 11.6. The molecule has 142 valence electrons. The number of nitrogens with one attached hydrogen (secondary N) is 2. The van der Waals surface area contributed by atoms with Crippen molar-refractivity contribution < 1.29 is 23.3 Å². The number of carbonyl (C=O) groups is 2. The number of thioether (sulfide) groups is 1. The minimum absolute atomic E-state index is 0.00901. The zero-order chi connectivity index (χ0) is 20.1. The van der Waals surface area contributed by atoms with Crippen LogP contribution in [0.1, 0.15) is 22.0 Å². The molecule has 0 aromatic heterocycles. The van der Waals surface area contributed by atoms with E-state index >= 15 is 0 Å². The zero-order valence-electron chi connectivity index (χ0n) is 14.3. The first-order chi connectivity index (χ1) is 12.8. The van der Waals surface area contributed by atoms with E-state index in [-0.39, 0.29) is 11.1 Å². The SMILES string of the molecule is CNC(=O)C(NC(=O)c1cc(SC)ccc1[N+](=O)[O-])c1ccc(F)c(F)c1. The number of nitro benzene ring substituents is 1. The summed E-state index contributed by atoms with van der Waals surface area (Å²) in [7, 11) is 1.30. The highest BCUT2D eigenvalue weighted by atomic mass is 32.2. The third kappa shape index (κ3) is 4.59. The van der Waals surface area contributed by atoms with Crippen LogP contribution in [0.25, 0.3) is 0 Å². The molecule has 0 aliphatic rings. The van der Waals surface area contributed by atoms with Crippen LogP contribution >= 0.6 is 11.8 Å². The van der Waals surface area contributed by atoms with Crippen molar-refractivity contribution in [2.45, 2.75) is 10.9 Å². The van der Waals surface area contributed by atoms with Crippen LogP contribution in [0, 0.1) is 21.7 Å². The van der Waals surface area contributed by atoms with Crippen LogP contribution in [0.3, 0.4) is 0 Å². The number of likely N-dealkylation sites (N-methyl/N-ethyl adjacent to an activating group) is 1. The minimum Gasteiger partial charge on any atom is -0.357 e. The van der Waals surface area contributed by atoms with E-state index in [9.17, 15) is 28.5 Å². The highest BCUT2D eigenvalue weighted by Crippen LogP contribution is 2.26. The van der Waals surface area contributed by atoms with E-state index in [1.807, 2.05) is 0 Å². The lowest BCUT2D eigenvalue weighted by Crippen LogP contribution is -2.39. The Bertz CT molecular complexity index is 908. The molecule has 1 unspecified atom stereocenters. The smallest absolute Gasteiger partial charge is 0.282 e. The summed E-state index contributed by atoms with van der Waals surface area (Å²) in [5, 5.41) is 15.8. The first-order valence-electron chi connectivity index (χ1n) is 7.58. The maximum absolute atomic E-state index is 13.5. The molecule has 0 aliphatic heterocycles. The molecule has 1 atom stereocenters. The van der Waals surface area contributed by atoms with E-state index in [2.05, 4.69) is 10.6 Å². The molecule has 2 N–H and O–H groups in total. The van der Waals surface area contributed by atoms with Gasteiger partial charge in [0.05, 0.1) is 4.92 Å². The van der Waals surface area contributed by atoms with Crippen LogP contribution in [0.2, 0.25) is 0 Å². The molecule has 0 spiro atoms. The summed E-state index contributed by atoms with van der Waals surface area (Å²) in [6.45, 7) is 0. The van der Waals surface area contributed by atoms with Gasteiger partial charge in [-0.05, 0) is 36.1 Å². The van der Waals surface area contributed by atoms with Crippen molar-refractivity contribution in [2.24, 2.45) is 0 Å². The molecular weight excluding hydrogens is 380 g/mol. The van der Waals surface area contributed by atoms with Crippen molar-refractivity contribution in [1.29, 1.82) is 0 Å². The van der Waals surface area contributed by atoms with E-state index in [1.54, 1.807) is 6.26 Å². The van der Waals surface area contributed by atoms with Gasteiger partial charge in [-0.15, -0.1) is 11.8 Å². The summed E-state index contributed by atoms with van der Waals surface area (Å²) < 4.78 is 26.7. The summed E-state index contributed by atoms with van der Waals surface area (Å²) >= 11 is 1.28. The monoisotopic (exact) mass is 395 g/mol. The lowest BCUT2D eigenvalue weighted by molar-refractivity contribution is -0.385. The molecular formula is C17H15F2N3O4S. The van der Waals surface area contributed by atoms with Gasteiger partial charge in [0.1, 0.15) is 11.6 Å². The summed E-state index contributed by atoms with van der Waals surface area (Å²) in [5.41, 5.74) is -0.695. The van der Waals surface area contributed by atoms with Gasteiger partial charge in [0, 0.05) is 18.0 Å². The van der Waals surface area contributed by atoms with Gasteiger partial charge in [0.15, 0.2) is 11.6 Å². The summed E-state index contributed by atoms with van der Waals surface area (Å²) in [4.78, 5) is 35.9. The quantitative estimate of drug-likeness (QED) is 0.445. The highest BCUT2D eigenvalue weighted by molar-refractivity contribution is 7.98. The lowest BCUT2D eigenvalue weighted by Gasteiger charge is -2.18. The molecule has 27 heavy (non-hydrogen) atoms. The van der Waals surface area contributed by atoms with E-state index in [0.29, 0.717) is 4.90 Å². The number of hydrogen-bond acceptors (Lipinski definition) is 5. The zero-order valence-corrected chi connectivity index (χ0v) is 15.1. The Labute approximate surface area is 157 Å². The average molecular weight is 395 g/mol. The Balaban J connectivity index is 2.43. The van der Waals surface area contributed by atoms with Crippen molar-refractivity contribution in [3.05, 3.63) is 69.3 Å². The van der Waals surface area contributed by atoms with Gasteiger partial charge in [-0.2, -0.15) is 0 Å². The molecule has 0 bridgehead atoms. The van der Waals surface area contributed by atoms with Crippen LogP contribution < -0.4 is 10.6 Å². The maximum Gasteiger partial charge on any atom is 0.282 e. The van der Waals surface area contributed by atoms with Crippen molar-refractivity contribution >= 4 is 29.3 Å². The average Bonchev–Trinajstić information content (AvgIpc) is 2.66. The molecule has 2 rings (SSSR count). The van der Waals surface area contributed by atoms with Gasteiger partial charge < -0.3 is 10.6 Å². The molecule has 2 aromatic carbocycles. The molecule has 7 nitrogen and oxygen atoms in total. The number of rotatable bonds is 6. The summed E-state index contributed by atoms with van der Waals surface area (Å²) in [6, 6.07) is 5.38. The van der Waals surface area contributed by atoms with E-state index in [0.717, 1.165) is 18.2 Å². The summed E-state index contributed by atoms with van der Waals surface area (Å²) in [5.74, 6) is -3.89. The highest BCUT2D eigenvalue weighted by Gasteiger charge is 2.27. The number of amides is 2. The van der Waals surface area contributed by atoms with E-state index in [4.69, 9.17) is 0 Å². The van der Waals surface area contributed by atoms with Gasteiger partial charge in [0.2, 0.25) is 5.91 Å². The molecule has 0 fully saturated rings. The molecule has 10 heteroatoms. The van der Waals surface area contributed by atoms with E-state index < -0.39 is 40.1 Å². The molecule has 2 amide bonds. The maximum atomic E-state index is 13.5. The number of nitro groups is 1. The molecule has 0 heterocycles. The number of halogens is 2.